The summed E-state index contributed by atoms with van der Waals surface area (Å²) >= 11 is 6.03. The van der Waals surface area contributed by atoms with Gasteiger partial charge in [0.25, 0.3) is 5.56 Å². The minimum Gasteiger partial charge on any atom is -1.00 e. The summed E-state index contributed by atoms with van der Waals surface area (Å²) in [7, 11) is 1.00. The van der Waals surface area contributed by atoms with E-state index in [0.717, 1.165) is 123 Å². The number of rotatable bonds is 21. The van der Waals surface area contributed by atoms with Gasteiger partial charge in [-0.25, -0.2) is 19.9 Å². The summed E-state index contributed by atoms with van der Waals surface area (Å²) in [5.41, 5.74) is 20.5. The second-order valence-electron chi connectivity index (χ2n) is 24.2. The van der Waals surface area contributed by atoms with Crippen molar-refractivity contribution in [3.63, 3.8) is 0 Å². The standard InChI is InChI=1S/C16H18ClNO.C16H16N2O.C16H19NO2.C16H17NO2.C9H10N2O.C5H6O.C4H9O.C3H4N2O.CH4O.B.K.Na.H/c2*1-3-14-9-12(2)18-16(15(14)10-17)19-11-13-7-5-4-6-8-13;2*1-3-14-9-12(2)17-16(15(14)10-18)19-11-13-7-5-4-6-8-13;1-3-7-4-6(2)11-9(12)8(7)5-10;1-3-4-5(2)6;1-4(2,3)5;4-2-1-3(5)6;1-2;;;;/h4-9H,3,10-11H2,1-2H3;4-9H,3,11H2,1-2H3;4-9,18H,3,10-11H2,1-2H3;4-10H,3,11H2,1-2H3;4H,3H2,1-2H3,(H,11,12);1-2H3;1-3H3;1H2,(H2,5,6);2H,1H3;;;;/q;;;;;;-1;;;;2*+1;-1. The molecule has 0 aliphatic heterocycles. The number of ether oxygens (including phenoxy) is 4. The number of aromatic nitrogens is 5. The number of ketones is 1. The van der Waals surface area contributed by atoms with Crippen molar-refractivity contribution in [1.29, 1.82) is 15.8 Å². The van der Waals surface area contributed by atoms with Gasteiger partial charge in [-0.3, -0.25) is 19.2 Å². The van der Waals surface area contributed by atoms with E-state index >= 15 is 0 Å². The van der Waals surface area contributed by atoms with Crippen molar-refractivity contribution in [3.8, 4) is 53.6 Å². The molecule has 0 atom stereocenters. The van der Waals surface area contributed by atoms with Crippen molar-refractivity contribution in [2.24, 2.45) is 5.73 Å². The number of hydrogen-bond donors (Lipinski definition) is 4. The Bertz CT molecular complexity index is 4330. The summed E-state index contributed by atoms with van der Waals surface area (Å²) in [5.74, 6) is 6.64. The maximum absolute atomic E-state index is 11.2. The van der Waals surface area contributed by atoms with Crippen molar-refractivity contribution in [2.75, 3.05) is 7.11 Å². The van der Waals surface area contributed by atoms with Gasteiger partial charge in [-0.1, -0.05) is 183 Å². The number of H-pyrrole nitrogens is 1. The number of primary amides is 1. The molecule has 0 saturated carbocycles. The average Bonchev–Trinajstić information content (AvgIpc) is 0.860. The Morgan fingerprint density at radius 2 is 0.891 bits per heavy atom. The number of aliphatic hydroxyl groups excluding tert-OH is 2. The van der Waals surface area contributed by atoms with E-state index in [2.05, 4.69) is 68.5 Å². The fourth-order valence-electron chi connectivity index (χ4n) is 9.43. The number of amides is 1. The Morgan fingerprint density at radius 3 is 1.19 bits per heavy atom. The molecule has 0 fully saturated rings. The van der Waals surface area contributed by atoms with Crippen LogP contribution in [0.4, 0.5) is 0 Å². The van der Waals surface area contributed by atoms with Gasteiger partial charge in [0.05, 0.1) is 24.1 Å². The van der Waals surface area contributed by atoms with Crippen LogP contribution in [-0.4, -0.2) is 74.2 Å². The van der Waals surface area contributed by atoms with Crippen LogP contribution in [0.25, 0.3) is 0 Å². The summed E-state index contributed by atoms with van der Waals surface area (Å²) in [6, 6.07) is 55.2. The van der Waals surface area contributed by atoms with Crippen LogP contribution >= 0.6 is 11.6 Å². The molecule has 0 saturated heterocycles. The number of carbonyl (C=O) groups is 3. The Balaban J connectivity index is -0.000000606. The third kappa shape index (κ3) is 43.1. The molecule has 9 rings (SSSR count). The Morgan fingerprint density at radius 1 is 0.573 bits per heavy atom. The number of carbonyl (C=O) groups excluding carboxylic acids is 3. The van der Waals surface area contributed by atoms with Crippen molar-refractivity contribution >= 4 is 38.0 Å². The molecular weight excluding hydrogens is 1440 g/mol. The van der Waals surface area contributed by atoms with E-state index in [0.29, 0.717) is 73.4 Å². The van der Waals surface area contributed by atoms with Crippen molar-refractivity contribution in [3.05, 3.63) is 268 Å². The summed E-state index contributed by atoms with van der Waals surface area (Å²) in [6.07, 6.45) is 4.75. The van der Waals surface area contributed by atoms with E-state index in [9.17, 15) is 34.7 Å². The van der Waals surface area contributed by atoms with Gasteiger partial charge in [0.1, 0.15) is 56.1 Å². The van der Waals surface area contributed by atoms with Crippen LogP contribution in [0.3, 0.4) is 0 Å². The smallest absolute Gasteiger partial charge is 1.00 e. The number of aldehydes is 1. The monoisotopic (exact) mass is 1550 g/mol. The summed E-state index contributed by atoms with van der Waals surface area (Å²) in [5, 5.41) is 52.2. The van der Waals surface area contributed by atoms with Crippen LogP contribution < -0.4 is 116 Å². The minimum atomic E-state index is -0.750. The largest absolute Gasteiger partial charge is 1.00 e. The summed E-state index contributed by atoms with van der Waals surface area (Å²) in [4.78, 5) is 61.9. The molecule has 9 aromatic rings. The fourth-order valence-corrected chi connectivity index (χ4v) is 9.72. The molecular formula is C86H104BClKN9NaO11. The topological polar surface area (TPSA) is 333 Å². The zero-order chi connectivity index (χ0) is 80.3. The average molecular weight is 1550 g/mol. The molecule has 5 heterocycles. The predicted octanol–water partition coefficient (Wildman–Crippen LogP) is 8.64. The number of nitrogens with zero attached hydrogens (tertiary/aromatic N) is 7. The molecule has 24 heteroatoms. The quantitative estimate of drug-likeness (QED) is 0.0172. The second-order valence-corrected chi connectivity index (χ2v) is 24.4. The van der Waals surface area contributed by atoms with E-state index in [1.165, 1.54) is 12.5 Å². The van der Waals surface area contributed by atoms with Crippen LogP contribution in [-0.2, 0) is 80.6 Å². The number of aryl methyl sites for hydroxylation is 10. The van der Waals surface area contributed by atoms with Crippen molar-refractivity contribution in [2.45, 2.75) is 187 Å². The number of pyridine rings is 5. The predicted molar refractivity (Wildman–Crippen MR) is 426 cm³/mol. The second kappa shape index (κ2) is 61.1. The molecule has 5 aromatic heterocycles. The number of nitriles is 3. The van der Waals surface area contributed by atoms with E-state index in [1.54, 1.807) is 33.8 Å². The van der Waals surface area contributed by atoms with Crippen molar-refractivity contribution < 1.29 is 131 Å². The van der Waals surface area contributed by atoms with Gasteiger partial charge in [0.2, 0.25) is 35.2 Å². The number of nitrogens with one attached hydrogen (secondary N) is 1. The Hall–Kier alpha value is -8.66. The van der Waals surface area contributed by atoms with Crippen LogP contribution in [0.1, 0.15) is 188 Å². The molecule has 0 spiro atoms. The zero-order valence-corrected chi connectivity index (χ0v) is 73.1. The van der Waals surface area contributed by atoms with Crippen LogP contribution in [0, 0.1) is 80.5 Å². The summed E-state index contributed by atoms with van der Waals surface area (Å²) < 4.78 is 23.0. The molecule has 5 N–H and O–H groups in total. The van der Waals surface area contributed by atoms with Gasteiger partial charge in [0, 0.05) is 62.0 Å². The third-order valence-corrected chi connectivity index (χ3v) is 14.5. The molecule has 0 unspecified atom stereocenters. The summed E-state index contributed by atoms with van der Waals surface area (Å²) in [6.45, 7) is 29.5. The van der Waals surface area contributed by atoms with Crippen LogP contribution in [0.15, 0.2) is 156 Å². The minimum absolute atomic E-state index is 0. The fraction of sp³-hybridized carbons (Fsp3) is 0.337. The third-order valence-electron chi connectivity index (χ3n) is 14.3. The first-order valence-corrected chi connectivity index (χ1v) is 35.3. The number of aromatic amines is 1. The van der Waals surface area contributed by atoms with E-state index in [1.807, 2.05) is 207 Å². The normalized spacial score (nSPS) is 9.39. The van der Waals surface area contributed by atoms with Crippen LogP contribution in [0.2, 0.25) is 0 Å². The maximum atomic E-state index is 11.2. The molecule has 110 heavy (non-hydrogen) atoms. The zero-order valence-electron chi connectivity index (χ0n) is 68.2. The Kier molecular flexibility index (Phi) is 58.6. The number of nitrogens with two attached hydrogens (primary N) is 1. The van der Waals surface area contributed by atoms with E-state index in [-0.39, 0.29) is 121 Å². The number of Topliss-reactive ketones (excluding diaryl/α,β-unsaturated/α-hetero) is 1. The molecule has 0 aliphatic carbocycles. The van der Waals surface area contributed by atoms with E-state index in [4.69, 9.17) is 46.2 Å². The van der Waals surface area contributed by atoms with Gasteiger partial charge in [-0.05, 0) is 160 Å². The first kappa shape index (κ1) is 106. The number of hydrogen-bond acceptors (Lipinski definition) is 18. The van der Waals surface area contributed by atoms with Crippen LogP contribution in [0.5, 0.6) is 23.5 Å². The Labute approximate surface area is 724 Å². The number of alkyl halides is 1. The molecule has 1 amide bonds. The molecule has 3 radical (unpaired) electrons. The van der Waals surface area contributed by atoms with E-state index < -0.39 is 11.5 Å². The van der Waals surface area contributed by atoms with Crippen molar-refractivity contribution in [1.82, 2.24) is 24.9 Å². The van der Waals surface area contributed by atoms with Gasteiger partial charge in [0.15, 0.2) is 6.29 Å². The first-order chi connectivity index (χ1) is 51.2. The first-order valence-electron chi connectivity index (χ1n) is 34.8. The SMILES string of the molecule is CC#CC(C)=O.CC(C)(C)[O-].CCc1cc(C)[nH]c(=O)c1C#N.CCc1cc(C)nc(OCc2ccccc2)c1C#N.CCc1cc(C)nc(OCc2ccccc2)c1C=O.CCc1cc(C)nc(OCc2ccccc2)c1CCl.CCc1cc(C)nc(OCc2ccccc2)c1CO.CO.N#CCC(N)=O.[B].[H-].[K+].[Na+]. The molecule has 20 nitrogen and oxygen atoms in total. The maximum Gasteiger partial charge on any atom is 1.00 e. The van der Waals surface area contributed by atoms with Gasteiger partial charge in [-0.2, -0.15) is 15.8 Å². The number of aliphatic hydroxyl groups is 2. The van der Waals surface area contributed by atoms with Gasteiger partial charge < -0.3 is 46.4 Å². The molecule has 0 aliphatic rings. The number of halogens is 1. The molecule has 571 valence electrons. The molecule has 0 bridgehead atoms. The van der Waals surface area contributed by atoms with Gasteiger partial charge >= 0.3 is 80.9 Å². The number of benzene rings is 4. The van der Waals surface area contributed by atoms with Gasteiger partial charge in [-0.15, -0.1) is 17.2 Å². The molecule has 4 aromatic carbocycles.